The van der Waals surface area contributed by atoms with E-state index in [1.54, 1.807) is 0 Å². The van der Waals surface area contributed by atoms with Gasteiger partial charge in [0, 0.05) is 0 Å². The van der Waals surface area contributed by atoms with Crippen molar-refractivity contribution in [3.8, 4) is 0 Å². The fourth-order valence-electron chi connectivity index (χ4n) is 1.58. The second kappa shape index (κ2) is 3.51. The molecular weight excluding hydrogens is 228 g/mol. The zero-order chi connectivity index (χ0) is 12.7. The fraction of sp³-hybridized carbons (Fsp3) is 0.222. The highest BCUT2D eigenvalue weighted by Gasteiger charge is 2.23. The summed E-state index contributed by atoms with van der Waals surface area (Å²) >= 11 is 0. The molecule has 0 radical (unpaired) electrons. The second-order valence-electron chi connectivity index (χ2n) is 3.49. The van der Waals surface area contributed by atoms with Crippen molar-refractivity contribution in [3.05, 3.63) is 33.3 Å². The van der Waals surface area contributed by atoms with Crippen LogP contribution in [0.2, 0.25) is 0 Å². The Labute approximate surface area is 94.7 Å². The molecule has 2 heterocycles. The van der Waals surface area contributed by atoms with Crippen molar-refractivity contribution in [2.45, 2.75) is 13.8 Å². The Balaban J connectivity index is 2.86. The second-order valence-corrected chi connectivity index (χ2v) is 3.49. The van der Waals surface area contributed by atoms with E-state index in [0.717, 1.165) is 10.6 Å². The first-order chi connectivity index (χ1) is 7.91. The summed E-state index contributed by atoms with van der Waals surface area (Å²) in [5.41, 5.74) is 0.382. The van der Waals surface area contributed by atoms with Gasteiger partial charge in [-0.1, -0.05) is 0 Å². The van der Waals surface area contributed by atoms with Gasteiger partial charge in [0.25, 0.3) is 0 Å². The molecule has 0 fully saturated rings. The highest BCUT2D eigenvalue weighted by Crippen LogP contribution is 2.20. The third-order valence-corrected chi connectivity index (χ3v) is 2.35. The number of rotatable bonds is 2. The highest BCUT2D eigenvalue weighted by molar-refractivity contribution is 5.88. The number of carboxylic acids is 1. The molecule has 17 heavy (non-hydrogen) atoms. The van der Waals surface area contributed by atoms with Gasteiger partial charge in [0.1, 0.15) is 17.5 Å². The number of aromatic nitrogens is 3. The molecule has 8 nitrogen and oxygen atoms in total. The molecule has 0 aromatic carbocycles. The van der Waals surface area contributed by atoms with Gasteiger partial charge in [-0.25, -0.2) is 4.79 Å². The van der Waals surface area contributed by atoms with E-state index >= 15 is 0 Å². The van der Waals surface area contributed by atoms with Crippen LogP contribution in [0.1, 0.15) is 21.7 Å². The van der Waals surface area contributed by atoms with Crippen LogP contribution in [0, 0.1) is 24.0 Å². The van der Waals surface area contributed by atoms with Gasteiger partial charge in [-0.15, -0.1) is 0 Å². The molecule has 0 amide bonds. The SMILES string of the molecule is Cc1nc2nc(C)c([N+](=O)[O-])n2cc1C(=O)O. The van der Waals surface area contributed by atoms with Crippen LogP contribution >= 0.6 is 0 Å². The number of carboxylic acid groups (broad SMARTS) is 1. The lowest BCUT2D eigenvalue weighted by Crippen LogP contribution is -2.06. The van der Waals surface area contributed by atoms with Crippen molar-refractivity contribution in [2.24, 2.45) is 0 Å². The van der Waals surface area contributed by atoms with Gasteiger partial charge in [-0.2, -0.15) is 14.4 Å². The Morgan fingerprint density at radius 3 is 2.53 bits per heavy atom. The van der Waals surface area contributed by atoms with Gasteiger partial charge < -0.3 is 15.2 Å². The van der Waals surface area contributed by atoms with Crippen LogP contribution in [0.15, 0.2) is 6.20 Å². The molecule has 0 aliphatic rings. The molecule has 2 rings (SSSR count). The van der Waals surface area contributed by atoms with Crippen LogP contribution in [0.3, 0.4) is 0 Å². The maximum atomic E-state index is 10.9. The first kappa shape index (κ1) is 11.0. The Morgan fingerprint density at radius 2 is 2.00 bits per heavy atom. The monoisotopic (exact) mass is 236 g/mol. The lowest BCUT2D eigenvalue weighted by atomic mass is 10.2. The highest BCUT2D eigenvalue weighted by atomic mass is 16.6. The summed E-state index contributed by atoms with van der Waals surface area (Å²) in [5.74, 6) is -1.33. The third-order valence-electron chi connectivity index (χ3n) is 2.35. The topological polar surface area (TPSA) is 111 Å². The van der Waals surface area contributed by atoms with E-state index in [0.29, 0.717) is 0 Å². The quantitative estimate of drug-likeness (QED) is 0.613. The maximum Gasteiger partial charge on any atom is 0.352 e. The minimum Gasteiger partial charge on any atom is -0.477 e. The maximum absolute atomic E-state index is 10.9. The normalized spacial score (nSPS) is 10.7. The average molecular weight is 236 g/mol. The lowest BCUT2D eigenvalue weighted by molar-refractivity contribution is -0.390. The van der Waals surface area contributed by atoms with Gasteiger partial charge in [0.15, 0.2) is 0 Å². The molecule has 1 N–H and O–H groups in total. The Hall–Kier alpha value is -2.51. The Morgan fingerprint density at radius 1 is 1.41 bits per heavy atom. The van der Waals surface area contributed by atoms with Gasteiger partial charge >= 0.3 is 17.6 Å². The molecule has 8 heteroatoms. The number of imidazole rings is 1. The van der Waals surface area contributed by atoms with E-state index in [2.05, 4.69) is 9.97 Å². The van der Waals surface area contributed by atoms with Gasteiger partial charge in [0.05, 0.1) is 5.69 Å². The van der Waals surface area contributed by atoms with Crippen molar-refractivity contribution in [1.82, 2.24) is 14.4 Å². The van der Waals surface area contributed by atoms with E-state index in [1.165, 1.54) is 13.8 Å². The molecule has 2 aromatic heterocycles. The van der Waals surface area contributed by atoms with Crippen molar-refractivity contribution in [3.63, 3.8) is 0 Å². The van der Waals surface area contributed by atoms with E-state index in [9.17, 15) is 14.9 Å². The Bertz CT molecular complexity index is 646. The van der Waals surface area contributed by atoms with Crippen LogP contribution in [0.25, 0.3) is 5.78 Å². The van der Waals surface area contributed by atoms with Crippen LogP contribution in [0.4, 0.5) is 5.82 Å². The number of carbonyl (C=O) groups is 1. The van der Waals surface area contributed by atoms with Crippen molar-refractivity contribution < 1.29 is 14.8 Å². The van der Waals surface area contributed by atoms with Crippen molar-refractivity contribution in [1.29, 1.82) is 0 Å². The molecule has 0 saturated heterocycles. The summed E-state index contributed by atoms with van der Waals surface area (Å²) in [4.78, 5) is 29.0. The minimum atomic E-state index is -1.18. The van der Waals surface area contributed by atoms with Gasteiger partial charge in [-0.3, -0.25) is 0 Å². The molecule has 88 valence electrons. The van der Waals surface area contributed by atoms with Crippen LogP contribution in [-0.4, -0.2) is 30.4 Å². The number of hydrogen-bond acceptors (Lipinski definition) is 5. The third kappa shape index (κ3) is 1.59. The molecule has 0 spiro atoms. The summed E-state index contributed by atoms with van der Waals surface area (Å²) in [6, 6.07) is 0. The molecule has 0 bridgehead atoms. The largest absolute Gasteiger partial charge is 0.477 e. The molecule has 0 aliphatic carbocycles. The number of nitro groups is 1. The number of hydrogen-bond donors (Lipinski definition) is 1. The van der Waals surface area contributed by atoms with Crippen LogP contribution in [0.5, 0.6) is 0 Å². The van der Waals surface area contributed by atoms with Gasteiger partial charge in [-0.05, 0) is 18.8 Å². The number of aryl methyl sites for hydroxylation is 2. The summed E-state index contributed by atoms with van der Waals surface area (Å²) < 4.78 is 1.08. The lowest BCUT2D eigenvalue weighted by Gasteiger charge is -1.98. The zero-order valence-electron chi connectivity index (χ0n) is 9.04. The fourth-order valence-corrected chi connectivity index (χ4v) is 1.58. The molecule has 0 aliphatic heterocycles. The smallest absolute Gasteiger partial charge is 0.352 e. The Kier molecular flexibility index (Phi) is 2.27. The molecule has 0 atom stereocenters. The first-order valence-corrected chi connectivity index (χ1v) is 4.66. The predicted molar refractivity (Wildman–Crippen MR) is 56.1 cm³/mol. The van der Waals surface area contributed by atoms with E-state index in [1.807, 2.05) is 0 Å². The average Bonchev–Trinajstić information content (AvgIpc) is 2.51. The summed E-state index contributed by atoms with van der Waals surface area (Å²) in [6.07, 6.45) is 1.16. The van der Waals surface area contributed by atoms with E-state index < -0.39 is 10.9 Å². The summed E-state index contributed by atoms with van der Waals surface area (Å²) in [7, 11) is 0. The molecule has 0 saturated carbocycles. The van der Waals surface area contributed by atoms with Gasteiger partial charge in [0.2, 0.25) is 0 Å². The zero-order valence-corrected chi connectivity index (χ0v) is 9.04. The molecule has 2 aromatic rings. The van der Waals surface area contributed by atoms with Crippen molar-refractivity contribution in [2.75, 3.05) is 0 Å². The first-order valence-electron chi connectivity index (χ1n) is 4.66. The minimum absolute atomic E-state index is 0.0852. The van der Waals surface area contributed by atoms with Crippen LogP contribution < -0.4 is 0 Å². The van der Waals surface area contributed by atoms with E-state index in [-0.39, 0.29) is 28.5 Å². The molecule has 0 unspecified atom stereocenters. The number of aromatic carboxylic acids is 1. The predicted octanol–water partition coefficient (Wildman–Crippen LogP) is 0.953. The van der Waals surface area contributed by atoms with Crippen LogP contribution in [-0.2, 0) is 0 Å². The summed E-state index contributed by atoms with van der Waals surface area (Å²) in [6.45, 7) is 2.99. The van der Waals surface area contributed by atoms with Crippen molar-refractivity contribution >= 4 is 17.6 Å². The summed E-state index contributed by atoms with van der Waals surface area (Å²) in [5, 5.41) is 19.8. The number of fused-ring (bicyclic) bond motifs is 1. The molecular formula is C9H8N4O4. The van der Waals surface area contributed by atoms with E-state index in [4.69, 9.17) is 5.11 Å². The standard InChI is InChI=1S/C9H8N4O4/c1-4-6(8(14)15)3-12-7(13(16)17)5(2)11-9(12)10-4/h3H,1-2H3,(H,14,15). The number of nitrogens with zero attached hydrogens (tertiary/aromatic N) is 4.